The zero-order valence-electron chi connectivity index (χ0n) is 13.3. The van der Waals surface area contributed by atoms with E-state index in [1.807, 2.05) is 12.1 Å². The molecule has 1 aromatic carbocycles. The van der Waals surface area contributed by atoms with Crippen LogP contribution in [0.3, 0.4) is 0 Å². The van der Waals surface area contributed by atoms with Crippen LogP contribution in [0.15, 0.2) is 36.4 Å². The highest BCUT2D eigenvalue weighted by molar-refractivity contribution is 7.12. The molecular weight excluding hydrogens is 308 g/mol. The fourth-order valence-electron chi connectivity index (χ4n) is 2.69. The van der Waals surface area contributed by atoms with E-state index < -0.39 is 0 Å². The number of thiophene rings is 1. The van der Waals surface area contributed by atoms with Gasteiger partial charge in [0.1, 0.15) is 0 Å². The van der Waals surface area contributed by atoms with Crippen LogP contribution in [-0.4, -0.2) is 18.9 Å². The smallest absolute Gasteiger partial charge is 0.251 e. The van der Waals surface area contributed by atoms with E-state index in [2.05, 4.69) is 29.7 Å². The molecule has 0 saturated heterocycles. The Balaban J connectivity index is 1.51. The average molecular weight is 328 g/mol. The third-order valence-corrected chi connectivity index (χ3v) is 5.30. The molecule has 0 spiro atoms. The molecular formula is C18H20N2O2S. The number of hydrogen-bond donors (Lipinski definition) is 2. The normalized spacial score (nSPS) is 19.2. The van der Waals surface area contributed by atoms with Crippen molar-refractivity contribution < 1.29 is 9.59 Å². The van der Waals surface area contributed by atoms with E-state index in [9.17, 15) is 9.59 Å². The zero-order chi connectivity index (χ0) is 16.4. The molecule has 3 rings (SSSR count). The maximum absolute atomic E-state index is 12.2. The van der Waals surface area contributed by atoms with E-state index in [1.165, 1.54) is 9.75 Å². The van der Waals surface area contributed by atoms with Crippen LogP contribution >= 0.6 is 11.3 Å². The molecule has 5 heteroatoms. The monoisotopic (exact) mass is 328 g/mol. The molecule has 120 valence electrons. The van der Waals surface area contributed by atoms with E-state index in [-0.39, 0.29) is 17.7 Å². The molecule has 0 aliphatic heterocycles. The minimum Gasteiger partial charge on any atom is -0.355 e. The van der Waals surface area contributed by atoms with E-state index >= 15 is 0 Å². The summed E-state index contributed by atoms with van der Waals surface area (Å²) in [5.41, 5.74) is 1.62. The largest absolute Gasteiger partial charge is 0.355 e. The van der Waals surface area contributed by atoms with Crippen LogP contribution in [0.5, 0.6) is 0 Å². The number of nitrogens with one attached hydrogen (secondary N) is 2. The molecule has 1 aliphatic rings. The Kier molecular flexibility index (Phi) is 4.48. The highest BCUT2D eigenvalue weighted by atomic mass is 32.1. The number of aryl methyl sites for hydroxylation is 1. The fraction of sp³-hybridized carbons (Fsp3) is 0.333. The molecule has 1 fully saturated rings. The molecule has 1 saturated carbocycles. The first-order valence-electron chi connectivity index (χ1n) is 7.73. The maximum Gasteiger partial charge on any atom is 0.251 e. The lowest BCUT2D eigenvalue weighted by Crippen LogP contribution is -2.25. The Morgan fingerprint density at radius 1 is 1.17 bits per heavy atom. The average Bonchev–Trinajstić information content (AvgIpc) is 3.26. The number of benzene rings is 1. The molecule has 1 aromatic heterocycles. The van der Waals surface area contributed by atoms with Gasteiger partial charge in [0.25, 0.3) is 5.91 Å². The predicted molar refractivity (Wildman–Crippen MR) is 91.6 cm³/mol. The Labute approximate surface area is 139 Å². The van der Waals surface area contributed by atoms with Crippen molar-refractivity contribution in [3.63, 3.8) is 0 Å². The van der Waals surface area contributed by atoms with E-state index in [1.54, 1.807) is 30.5 Å². The number of amides is 2. The van der Waals surface area contributed by atoms with Crippen LogP contribution in [0.4, 0.5) is 0 Å². The summed E-state index contributed by atoms with van der Waals surface area (Å²) >= 11 is 1.78. The van der Waals surface area contributed by atoms with E-state index in [4.69, 9.17) is 0 Å². The van der Waals surface area contributed by atoms with Gasteiger partial charge >= 0.3 is 0 Å². The lowest BCUT2D eigenvalue weighted by atomic mass is 10.1. The van der Waals surface area contributed by atoms with Gasteiger partial charge in [-0.1, -0.05) is 12.1 Å². The lowest BCUT2D eigenvalue weighted by molar-refractivity contribution is -0.122. The van der Waals surface area contributed by atoms with E-state index in [0.29, 0.717) is 18.0 Å². The molecule has 2 atom stereocenters. The lowest BCUT2D eigenvalue weighted by Gasteiger charge is -2.06. The quantitative estimate of drug-likeness (QED) is 0.887. The summed E-state index contributed by atoms with van der Waals surface area (Å²) in [5.74, 6) is 0.520. The number of carbonyl (C=O) groups excluding carboxylic acids is 2. The maximum atomic E-state index is 12.2. The van der Waals surface area contributed by atoms with Crippen LogP contribution in [0.1, 0.15) is 38.0 Å². The first-order valence-corrected chi connectivity index (χ1v) is 8.55. The Bertz CT molecular complexity index is 721. The van der Waals surface area contributed by atoms with Crippen LogP contribution < -0.4 is 10.6 Å². The molecule has 4 nitrogen and oxygen atoms in total. The molecule has 1 heterocycles. The summed E-state index contributed by atoms with van der Waals surface area (Å²) in [6.07, 6.45) is 0.946. The topological polar surface area (TPSA) is 58.2 Å². The highest BCUT2D eigenvalue weighted by Gasteiger charge is 2.44. The van der Waals surface area contributed by atoms with Gasteiger partial charge in [0.2, 0.25) is 5.91 Å². The minimum absolute atomic E-state index is 0.104. The number of rotatable bonds is 5. The fourth-order valence-corrected chi connectivity index (χ4v) is 3.75. The van der Waals surface area contributed by atoms with Gasteiger partial charge in [0, 0.05) is 40.7 Å². The van der Waals surface area contributed by atoms with Crippen LogP contribution in [0, 0.1) is 12.8 Å². The Morgan fingerprint density at radius 3 is 2.52 bits per heavy atom. The van der Waals surface area contributed by atoms with Crippen LogP contribution in [-0.2, 0) is 11.3 Å². The summed E-state index contributed by atoms with van der Waals surface area (Å²) in [5, 5.41) is 5.58. The van der Waals surface area contributed by atoms with Crippen molar-refractivity contribution in [1.29, 1.82) is 0 Å². The third kappa shape index (κ3) is 3.62. The van der Waals surface area contributed by atoms with Crippen LogP contribution in [0.2, 0.25) is 0 Å². The van der Waals surface area contributed by atoms with Gasteiger partial charge in [-0.15, -0.1) is 11.3 Å². The molecule has 23 heavy (non-hydrogen) atoms. The van der Waals surface area contributed by atoms with Crippen LogP contribution in [0.25, 0.3) is 0 Å². The second kappa shape index (κ2) is 6.54. The summed E-state index contributed by atoms with van der Waals surface area (Å²) in [6, 6.07) is 11.5. The third-order valence-electron chi connectivity index (χ3n) is 4.16. The van der Waals surface area contributed by atoms with Gasteiger partial charge in [-0.2, -0.15) is 0 Å². The van der Waals surface area contributed by atoms with Gasteiger partial charge in [-0.3, -0.25) is 9.59 Å². The highest BCUT2D eigenvalue weighted by Crippen LogP contribution is 2.49. The number of carbonyl (C=O) groups is 2. The minimum atomic E-state index is -0.104. The zero-order valence-corrected chi connectivity index (χ0v) is 14.1. The van der Waals surface area contributed by atoms with Crippen molar-refractivity contribution in [2.45, 2.75) is 25.8 Å². The van der Waals surface area contributed by atoms with Crippen molar-refractivity contribution in [1.82, 2.24) is 10.6 Å². The summed E-state index contributed by atoms with van der Waals surface area (Å²) < 4.78 is 0. The van der Waals surface area contributed by atoms with Crippen molar-refractivity contribution in [2.75, 3.05) is 7.05 Å². The Morgan fingerprint density at radius 2 is 1.91 bits per heavy atom. The summed E-state index contributed by atoms with van der Waals surface area (Å²) in [7, 11) is 1.61. The van der Waals surface area contributed by atoms with Gasteiger partial charge in [-0.05, 0) is 43.2 Å². The van der Waals surface area contributed by atoms with Crippen molar-refractivity contribution in [2.24, 2.45) is 5.92 Å². The predicted octanol–water partition coefficient (Wildman–Crippen LogP) is 2.84. The van der Waals surface area contributed by atoms with Crippen molar-refractivity contribution in [3.05, 3.63) is 57.3 Å². The molecule has 1 aliphatic carbocycles. The second-order valence-corrected chi connectivity index (χ2v) is 7.21. The molecule has 2 aromatic rings. The van der Waals surface area contributed by atoms with E-state index in [0.717, 1.165) is 12.0 Å². The first-order chi connectivity index (χ1) is 11.1. The number of hydrogen-bond acceptors (Lipinski definition) is 3. The van der Waals surface area contributed by atoms with Crippen molar-refractivity contribution in [3.8, 4) is 0 Å². The molecule has 0 bridgehead atoms. The van der Waals surface area contributed by atoms with Gasteiger partial charge in [-0.25, -0.2) is 0 Å². The molecule has 0 radical (unpaired) electrons. The summed E-state index contributed by atoms with van der Waals surface area (Å²) in [6.45, 7) is 2.59. The Hall–Kier alpha value is -2.14. The van der Waals surface area contributed by atoms with Gasteiger partial charge in [0.15, 0.2) is 0 Å². The molecule has 0 unspecified atom stereocenters. The molecule has 2 amide bonds. The second-order valence-electron chi connectivity index (χ2n) is 5.89. The molecule has 2 N–H and O–H groups in total. The standard InChI is InChI=1S/C18H20N2O2S/c1-11-3-8-16(23-11)14-9-15(14)18(22)20-10-12-4-6-13(7-5-12)17(21)19-2/h3-8,14-15H,9-10H2,1-2H3,(H,19,21)(H,20,22)/t14-,15+/m1/s1. The first kappa shape index (κ1) is 15.7. The summed E-state index contributed by atoms with van der Waals surface area (Å²) in [4.78, 5) is 26.3. The van der Waals surface area contributed by atoms with Gasteiger partial charge in [0.05, 0.1) is 0 Å². The van der Waals surface area contributed by atoms with Gasteiger partial charge < -0.3 is 10.6 Å². The SMILES string of the molecule is CNC(=O)c1ccc(CNC(=O)[C@H]2C[C@H]2c2ccc(C)s2)cc1. The van der Waals surface area contributed by atoms with Crippen molar-refractivity contribution >= 4 is 23.2 Å².